The largest absolute Gasteiger partial charge is 0.453 e. The van der Waals surface area contributed by atoms with Crippen LogP contribution in [0.25, 0.3) is 0 Å². The Morgan fingerprint density at radius 3 is 2.43 bits per heavy atom. The van der Waals surface area contributed by atoms with Gasteiger partial charge in [-0.15, -0.1) is 0 Å². The summed E-state index contributed by atoms with van der Waals surface area (Å²) in [5, 5.41) is 1.12. The summed E-state index contributed by atoms with van der Waals surface area (Å²) in [4.78, 5) is 25.9. The highest BCUT2D eigenvalue weighted by Gasteiger charge is 2.31. The van der Waals surface area contributed by atoms with Gasteiger partial charge >= 0.3 is 5.97 Å². The molecule has 8 heteroatoms. The maximum atomic E-state index is 12.3. The van der Waals surface area contributed by atoms with Crippen LogP contribution >= 0.6 is 0 Å². The molecule has 0 aromatic rings. The Hall–Kier alpha value is -1.41. The zero-order valence-electron chi connectivity index (χ0n) is 13.6. The summed E-state index contributed by atoms with van der Waals surface area (Å²) in [6.45, 7) is 6.24. The van der Waals surface area contributed by atoms with Crippen LogP contribution in [0.2, 0.25) is 0 Å². The second kappa shape index (κ2) is 7.00. The maximum absolute atomic E-state index is 12.3. The lowest BCUT2D eigenvalue weighted by Gasteiger charge is -2.36. The first-order valence-electron chi connectivity index (χ1n) is 7.71. The van der Waals surface area contributed by atoms with Crippen LogP contribution in [0.15, 0.2) is 11.5 Å². The van der Waals surface area contributed by atoms with Crippen LogP contribution in [0.4, 0.5) is 0 Å². The van der Waals surface area contributed by atoms with Gasteiger partial charge in [0, 0.05) is 24.4 Å². The van der Waals surface area contributed by atoms with Crippen molar-refractivity contribution >= 4 is 21.7 Å². The fourth-order valence-corrected chi connectivity index (χ4v) is 4.29. The molecule has 0 N–H and O–H groups in total. The molecule has 23 heavy (non-hydrogen) atoms. The molecule has 0 aromatic carbocycles. The summed E-state index contributed by atoms with van der Waals surface area (Å²) in [5.41, 5.74) is 0. The summed E-state index contributed by atoms with van der Waals surface area (Å²) in [6.07, 6.45) is 0.457. The Balaban J connectivity index is 1.83. The topological polar surface area (TPSA) is 90.0 Å². The predicted molar refractivity (Wildman–Crippen MR) is 83.2 cm³/mol. The molecule has 7 nitrogen and oxygen atoms in total. The van der Waals surface area contributed by atoms with Crippen molar-refractivity contribution in [2.24, 2.45) is 5.92 Å². The third-order valence-electron chi connectivity index (χ3n) is 3.82. The van der Waals surface area contributed by atoms with Crippen molar-refractivity contribution in [1.29, 1.82) is 0 Å². The molecule has 2 rings (SSSR count). The molecule has 0 aliphatic carbocycles. The average molecular weight is 345 g/mol. The number of sulfone groups is 1. The number of carbonyl (C=O) groups excluding carboxylic acids is 2. The fraction of sp³-hybridized carbons (Fsp3) is 0.733. The number of hydrogen-bond acceptors (Lipinski definition) is 6. The van der Waals surface area contributed by atoms with Crippen molar-refractivity contribution < 1.29 is 27.5 Å². The molecule has 0 spiro atoms. The van der Waals surface area contributed by atoms with E-state index in [0.29, 0.717) is 13.1 Å². The molecule has 0 aromatic heterocycles. The number of nitrogens with zero attached hydrogens (tertiary/aromatic N) is 1. The minimum absolute atomic E-state index is 0.0384. The molecule has 0 saturated carbocycles. The molecular weight excluding hydrogens is 322 g/mol. The van der Waals surface area contributed by atoms with Crippen LogP contribution in [0.5, 0.6) is 0 Å². The van der Waals surface area contributed by atoms with Crippen molar-refractivity contribution in [3.8, 4) is 0 Å². The maximum Gasteiger partial charge on any atom is 0.307 e. The van der Waals surface area contributed by atoms with Gasteiger partial charge in [0.25, 0.3) is 5.91 Å². The zero-order valence-corrected chi connectivity index (χ0v) is 14.4. The summed E-state index contributed by atoms with van der Waals surface area (Å²) in [6, 6.07) is 0. The smallest absolute Gasteiger partial charge is 0.307 e. The number of amides is 1. The summed E-state index contributed by atoms with van der Waals surface area (Å²) < 4.78 is 33.4. The van der Waals surface area contributed by atoms with E-state index in [0.717, 1.165) is 5.41 Å². The van der Waals surface area contributed by atoms with Crippen molar-refractivity contribution in [2.45, 2.75) is 45.5 Å². The number of carbonyl (C=O) groups is 2. The number of ether oxygens (including phenoxy) is 2. The molecule has 0 bridgehead atoms. The lowest BCUT2D eigenvalue weighted by molar-refractivity contribution is -0.164. The van der Waals surface area contributed by atoms with Crippen LogP contribution < -0.4 is 0 Å². The van der Waals surface area contributed by atoms with E-state index >= 15 is 0 Å². The lowest BCUT2D eigenvalue weighted by atomic mass is 10.1. The summed E-state index contributed by atoms with van der Waals surface area (Å²) in [7, 11) is -3.19. The van der Waals surface area contributed by atoms with Crippen molar-refractivity contribution in [3.63, 3.8) is 0 Å². The first kappa shape index (κ1) is 17.9. The number of allylic oxidation sites excluding steroid dienone is 1. The SMILES string of the molecule is CC1CN(C(=O)C(C)OC(=O)CC2C=CS(=O)(=O)C2)CC(C)O1. The second-order valence-electron chi connectivity index (χ2n) is 6.25. The first-order valence-corrected chi connectivity index (χ1v) is 9.42. The number of hydrogen-bond donors (Lipinski definition) is 0. The van der Waals surface area contributed by atoms with E-state index in [1.807, 2.05) is 13.8 Å². The van der Waals surface area contributed by atoms with E-state index in [2.05, 4.69) is 0 Å². The van der Waals surface area contributed by atoms with Gasteiger partial charge < -0.3 is 14.4 Å². The lowest BCUT2D eigenvalue weighted by Crippen LogP contribution is -2.51. The minimum atomic E-state index is -3.19. The fourth-order valence-electron chi connectivity index (χ4n) is 2.89. The minimum Gasteiger partial charge on any atom is -0.453 e. The highest BCUT2D eigenvalue weighted by atomic mass is 32.2. The van der Waals surface area contributed by atoms with Crippen molar-refractivity contribution in [1.82, 2.24) is 4.90 Å². The van der Waals surface area contributed by atoms with Gasteiger partial charge in [0.2, 0.25) is 0 Å². The van der Waals surface area contributed by atoms with E-state index in [-0.39, 0.29) is 36.2 Å². The molecular formula is C15H23NO6S. The van der Waals surface area contributed by atoms with Crippen LogP contribution in [0.1, 0.15) is 27.2 Å². The molecule has 1 fully saturated rings. The van der Waals surface area contributed by atoms with Crippen LogP contribution in [-0.4, -0.2) is 62.3 Å². The molecule has 130 valence electrons. The van der Waals surface area contributed by atoms with Crippen molar-refractivity contribution in [2.75, 3.05) is 18.8 Å². The molecule has 4 atom stereocenters. The molecule has 2 heterocycles. The molecule has 4 unspecified atom stereocenters. The second-order valence-corrected chi connectivity index (χ2v) is 8.19. The van der Waals surface area contributed by atoms with Gasteiger partial charge in [0.05, 0.1) is 24.4 Å². The number of rotatable bonds is 4. The van der Waals surface area contributed by atoms with E-state index in [1.165, 1.54) is 13.0 Å². The zero-order chi connectivity index (χ0) is 17.2. The molecule has 0 radical (unpaired) electrons. The normalized spacial score (nSPS) is 30.9. The van der Waals surface area contributed by atoms with E-state index in [9.17, 15) is 18.0 Å². The van der Waals surface area contributed by atoms with Gasteiger partial charge in [-0.2, -0.15) is 0 Å². The van der Waals surface area contributed by atoms with Gasteiger partial charge in [-0.1, -0.05) is 6.08 Å². The highest BCUT2D eigenvalue weighted by molar-refractivity contribution is 7.94. The molecule has 1 saturated heterocycles. The van der Waals surface area contributed by atoms with Gasteiger partial charge in [-0.3, -0.25) is 9.59 Å². The molecule has 2 aliphatic heterocycles. The summed E-state index contributed by atoms with van der Waals surface area (Å²) >= 11 is 0. The van der Waals surface area contributed by atoms with Gasteiger partial charge in [0.15, 0.2) is 15.9 Å². The monoisotopic (exact) mass is 345 g/mol. The Kier molecular flexibility index (Phi) is 5.46. The molecule has 1 amide bonds. The predicted octanol–water partition coefficient (Wildman–Crippen LogP) is 0.502. The van der Waals surface area contributed by atoms with Crippen LogP contribution in [0.3, 0.4) is 0 Å². The van der Waals surface area contributed by atoms with E-state index < -0.39 is 21.9 Å². The quantitative estimate of drug-likeness (QED) is 0.689. The number of morpholine rings is 1. The van der Waals surface area contributed by atoms with E-state index in [4.69, 9.17) is 9.47 Å². The van der Waals surface area contributed by atoms with Crippen LogP contribution in [0, 0.1) is 5.92 Å². The summed E-state index contributed by atoms with van der Waals surface area (Å²) in [5.74, 6) is -1.27. The van der Waals surface area contributed by atoms with E-state index in [1.54, 1.807) is 4.90 Å². The van der Waals surface area contributed by atoms with Gasteiger partial charge in [0.1, 0.15) is 0 Å². The third kappa shape index (κ3) is 5.04. The highest BCUT2D eigenvalue weighted by Crippen LogP contribution is 2.19. The van der Waals surface area contributed by atoms with Gasteiger partial charge in [-0.05, 0) is 20.8 Å². The Morgan fingerprint density at radius 2 is 1.91 bits per heavy atom. The van der Waals surface area contributed by atoms with Crippen LogP contribution in [-0.2, 0) is 28.9 Å². The third-order valence-corrected chi connectivity index (χ3v) is 5.29. The average Bonchev–Trinajstić information content (AvgIpc) is 2.75. The van der Waals surface area contributed by atoms with Crippen molar-refractivity contribution in [3.05, 3.63) is 11.5 Å². The van der Waals surface area contributed by atoms with Gasteiger partial charge in [-0.25, -0.2) is 8.42 Å². The standard InChI is InChI=1S/C15H23NO6S/c1-10-7-16(8-11(2)21-10)15(18)12(3)22-14(17)6-13-4-5-23(19,20)9-13/h4-5,10-13H,6-9H2,1-3H3. The first-order chi connectivity index (χ1) is 10.7. The Morgan fingerprint density at radius 1 is 1.30 bits per heavy atom. The Bertz CT molecular complexity index is 589. The molecule has 2 aliphatic rings. The Labute approximate surface area is 136 Å². The number of esters is 1.